The van der Waals surface area contributed by atoms with E-state index in [1.165, 1.54) is 69.1 Å². The maximum Gasteiger partial charge on any atom is 0.255 e. The molecule has 0 atom stereocenters. The highest BCUT2D eigenvalue weighted by molar-refractivity contribution is 7.09. The molecule has 3 rings (SSSR count). The molecule has 0 unspecified atom stereocenters. The lowest BCUT2D eigenvalue weighted by atomic mass is 10.1. The van der Waals surface area contributed by atoms with E-state index in [4.69, 9.17) is 16.3 Å². The van der Waals surface area contributed by atoms with Crippen LogP contribution in [0.15, 0.2) is 54.2 Å². The number of thiazole rings is 1. The van der Waals surface area contributed by atoms with Crippen molar-refractivity contribution in [3.63, 3.8) is 0 Å². The SMILES string of the molecule is CCCCCCCCCCCCCCOc1cc(C(=O)Nc2ccccc2C[n+]2csc(C)c2)ccc1Cl.[Br-]. The second-order valence-corrected chi connectivity index (χ2v) is 11.6. The summed E-state index contributed by atoms with van der Waals surface area (Å²) in [5, 5.41) is 3.60. The zero-order valence-electron chi connectivity index (χ0n) is 23.5. The zero-order chi connectivity index (χ0) is 27.0. The monoisotopic (exact) mass is 634 g/mol. The molecule has 1 amide bonds. The van der Waals surface area contributed by atoms with Gasteiger partial charge in [0.2, 0.25) is 5.51 Å². The molecule has 0 aliphatic carbocycles. The number of rotatable bonds is 18. The molecule has 1 aromatic heterocycles. The molecule has 2 aromatic carbocycles. The van der Waals surface area contributed by atoms with Crippen molar-refractivity contribution in [1.82, 2.24) is 0 Å². The number of hydrogen-bond donors (Lipinski definition) is 1. The van der Waals surface area contributed by atoms with Crippen LogP contribution in [0.1, 0.15) is 105 Å². The third-order valence-corrected chi connectivity index (χ3v) is 7.95. The summed E-state index contributed by atoms with van der Waals surface area (Å²) in [6.45, 7) is 5.68. The number of amides is 1. The number of carbonyl (C=O) groups excluding carboxylic acids is 1. The number of nitrogens with zero attached hydrogens (tertiary/aromatic N) is 1. The van der Waals surface area contributed by atoms with E-state index in [2.05, 4.69) is 35.4 Å². The van der Waals surface area contributed by atoms with Crippen molar-refractivity contribution in [1.29, 1.82) is 0 Å². The minimum Gasteiger partial charge on any atom is -1.00 e. The lowest BCUT2D eigenvalue weighted by molar-refractivity contribution is -0.683. The maximum atomic E-state index is 13.1. The normalized spacial score (nSPS) is 10.7. The molecule has 1 heterocycles. The second-order valence-electron chi connectivity index (χ2n) is 10.1. The zero-order valence-corrected chi connectivity index (χ0v) is 26.7. The van der Waals surface area contributed by atoms with Gasteiger partial charge in [0.1, 0.15) is 5.75 Å². The molecule has 214 valence electrons. The fraction of sp³-hybridized carbons (Fsp3) is 0.500. The molecule has 0 saturated carbocycles. The average Bonchev–Trinajstić information content (AvgIpc) is 3.33. The van der Waals surface area contributed by atoms with Crippen LogP contribution in [-0.4, -0.2) is 12.5 Å². The molecule has 0 radical (unpaired) electrons. The minimum absolute atomic E-state index is 0. The molecule has 3 aromatic rings. The highest BCUT2D eigenvalue weighted by Gasteiger charge is 2.14. The van der Waals surface area contributed by atoms with Crippen LogP contribution in [0, 0.1) is 6.92 Å². The predicted octanol–water partition coefficient (Wildman–Crippen LogP) is 6.38. The van der Waals surface area contributed by atoms with Crippen LogP contribution in [0.2, 0.25) is 5.02 Å². The smallest absolute Gasteiger partial charge is 0.255 e. The summed E-state index contributed by atoms with van der Waals surface area (Å²) in [4.78, 5) is 14.3. The van der Waals surface area contributed by atoms with Crippen LogP contribution in [0.4, 0.5) is 5.69 Å². The average molecular weight is 636 g/mol. The molecule has 4 nitrogen and oxygen atoms in total. The Morgan fingerprint density at radius 3 is 2.21 bits per heavy atom. The summed E-state index contributed by atoms with van der Waals surface area (Å²) in [5.41, 5.74) is 4.49. The summed E-state index contributed by atoms with van der Waals surface area (Å²) in [5.74, 6) is 0.399. The predicted molar refractivity (Wildman–Crippen MR) is 161 cm³/mol. The third kappa shape index (κ3) is 12.4. The number of para-hydroxylation sites is 1. The van der Waals surface area contributed by atoms with E-state index in [1.54, 1.807) is 29.5 Å². The van der Waals surface area contributed by atoms with Gasteiger partial charge in [-0.3, -0.25) is 4.79 Å². The Labute approximate surface area is 254 Å². The van der Waals surface area contributed by atoms with Crippen LogP contribution in [0.25, 0.3) is 0 Å². The Morgan fingerprint density at radius 2 is 1.56 bits per heavy atom. The summed E-state index contributed by atoms with van der Waals surface area (Å²) >= 11 is 8.08. The Balaban J connectivity index is 0.00000533. The highest BCUT2D eigenvalue weighted by atomic mass is 79.9. The molecular formula is C32H44BrClN2O2S. The first kappa shape index (κ1) is 33.3. The maximum absolute atomic E-state index is 13.1. The van der Waals surface area contributed by atoms with Crippen molar-refractivity contribution >= 4 is 34.5 Å². The lowest BCUT2D eigenvalue weighted by Crippen LogP contribution is -3.00. The fourth-order valence-electron chi connectivity index (χ4n) is 4.58. The largest absolute Gasteiger partial charge is 1.00 e. The summed E-state index contributed by atoms with van der Waals surface area (Å²) < 4.78 is 8.09. The fourth-order valence-corrected chi connectivity index (χ4v) is 5.39. The van der Waals surface area contributed by atoms with Crippen molar-refractivity contribution in [2.45, 2.75) is 97.4 Å². The minimum atomic E-state index is -0.171. The van der Waals surface area contributed by atoms with Gasteiger partial charge in [0.15, 0.2) is 12.7 Å². The van der Waals surface area contributed by atoms with Gasteiger partial charge in [-0.2, -0.15) is 4.57 Å². The van der Waals surface area contributed by atoms with Gasteiger partial charge in [-0.25, -0.2) is 0 Å². The first-order chi connectivity index (χ1) is 18.6. The summed E-state index contributed by atoms with van der Waals surface area (Å²) in [6, 6.07) is 13.1. The van der Waals surface area contributed by atoms with E-state index in [-0.39, 0.29) is 22.9 Å². The van der Waals surface area contributed by atoms with Gasteiger partial charge in [0.05, 0.1) is 22.2 Å². The number of hydrogen-bond acceptors (Lipinski definition) is 3. The van der Waals surface area contributed by atoms with Gasteiger partial charge in [-0.15, -0.1) is 0 Å². The first-order valence-corrected chi connectivity index (χ1v) is 15.6. The van der Waals surface area contributed by atoms with E-state index in [1.807, 2.05) is 24.3 Å². The standard InChI is InChI=1S/C32H43ClN2O2S.BrH/c1-3-4-5-6-7-8-9-10-11-12-13-16-21-37-31-22-27(19-20-29(31)33)32(36)34-30-18-15-14-17-28(30)24-35-23-26(2)38-25-35;/h14-15,17-20,22-23,25H,3-13,16,21,24H2,1-2H3;1H. The van der Waals surface area contributed by atoms with Crippen LogP contribution < -0.4 is 31.6 Å². The van der Waals surface area contributed by atoms with Crippen LogP contribution >= 0.6 is 22.9 Å². The Hall–Kier alpha value is -1.89. The van der Waals surface area contributed by atoms with E-state index < -0.39 is 0 Å². The number of aromatic nitrogens is 1. The van der Waals surface area contributed by atoms with Crippen LogP contribution in [-0.2, 0) is 6.54 Å². The molecule has 0 fully saturated rings. The molecule has 0 aliphatic rings. The first-order valence-electron chi connectivity index (χ1n) is 14.3. The molecule has 7 heteroatoms. The number of unbranched alkanes of at least 4 members (excludes halogenated alkanes) is 11. The van der Waals surface area contributed by atoms with Gasteiger partial charge >= 0.3 is 0 Å². The molecule has 1 N–H and O–H groups in total. The lowest BCUT2D eigenvalue weighted by Gasteiger charge is -2.12. The van der Waals surface area contributed by atoms with E-state index in [0.29, 0.717) is 29.5 Å². The van der Waals surface area contributed by atoms with E-state index in [9.17, 15) is 4.79 Å². The second kappa shape index (κ2) is 19.2. The van der Waals surface area contributed by atoms with E-state index in [0.717, 1.165) is 24.1 Å². The number of nitrogens with one attached hydrogen (secondary N) is 1. The number of benzene rings is 2. The molecule has 0 aliphatic heterocycles. The number of halogens is 2. The third-order valence-electron chi connectivity index (χ3n) is 6.79. The van der Waals surface area contributed by atoms with Crippen molar-refractivity contribution in [3.8, 4) is 5.75 Å². The Bertz CT molecular complexity index is 1120. The van der Waals surface area contributed by atoms with Crippen molar-refractivity contribution in [3.05, 3.63) is 75.2 Å². The Morgan fingerprint density at radius 1 is 0.923 bits per heavy atom. The van der Waals surface area contributed by atoms with Crippen molar-refractivity contribution < 1.29 is 31.1 Å². The van der Waals surface area contributed by atoms with Gasteiger partial charge < -0.3 is 27.0 Å². The molecule has 39 heavy (non-hydrogen) atoms. The number of aryl methyl sites for hydroxylation is 1. The molecule has 0 spiro atoms. The number of ether oxygens (including phenoxy) is 1. The highest BCUT2D eigenvalue weighted by Crippen LogP contribution is 2.27. The van der Waals surface area contributed by atoms with Crippen molar-refractivity contribution in [2.24, 2.45) is 0 Å². The Kier molecular flexibility index (Phi) is 16.4. The van der Waals surface area contributed by atoms with Crippen LogP contribution in [0.5, 0.6) is 5.75 Å². The van der Waals surface area contributed by atoms with Crippen LogP contribution in [0.3, 0.4) is 0 Å². The molecular weight excluding hydrogens is 592 g/mol. The van der Waals surface area contributed by atoms with Crippen molar-refractivity contribution in [2.75, 3.05) is 11.9 Å². The van der Waals surface area contributed by atoms with Gasteiger partial charge in [0.25, 0.3) is 5.91 Å². The topological polar surface area (TPSA) is 42.2 Å². The van der Waals surface area contributed by atoms with Gasteiger partial charge in [-0.05, 0) is 37.6 Å². The molecule has 0 saturated heterocycles. The molecule has 0 bridgehead atoms. The summed E-state index contributed by atoms with van der Waals surface area (Å²) in [6.07, 6.45) is 17.8. The summed E-state index contributed by atoms with van der Waals surface area (Å²) in [7, 11) is 0. The van der Waals surface area contributed by atoms with Gasteiger partial charge in [-0.1, -0.05) is 119 Å². The van der Waals surface area contributed by atoms with Gasteiger partial charge in [0, 0.05) is 11.1 Å². The number of anilines is 1. The van der Waals surface area contributed by atoms with E-state index >= 15 is 0 Å². The quantitative estimate of drug-likeness (QED) is 0.130. The number of carbonyl (C=O) groups is 1.